The number of nitrogens with one attached hydrogen (secondary N) is 2. The van der Waals surface area contributed by atoms with Crippen LogP contribution in [0.1, 0.15) is 35.8 Å². The summed E-state index contributed by atoms with van der Waals surface area (Å²) in [7, 11) is 1.56. The van der Waals surface area contributed by atoms with Gasteiger partial charge in [0.2, 0.25) is 5.91 Å². The SMILES string of the molecule is COCCNC(=O)CNC(=O)c1cnn(-c2ccc(Cl)cc2)c1C(C)C. The molecule has 0 saturated carbocycles. The van der Waals surface area contributed by atoms with Crippen LogP contribution in [-0.4, -0.2) is 48.4 Å². The molecule has 0 bridgehead atoms. The van der Waals surface area contributed by atoms with Gasteiger partial charge in [0.1, 0.15) is 0 Å². The van der Waals surface area contributed by atoms with Crippen LogP contribution < -0.4 is 10.6 Å². The third-order valence-electron chi connectivity index (χ3n) is 3.71. The van der Waals surface area contributed by atoms with Crippen LogP contribution >= 0.6 is 11.6 Å². The predicted octanol–water partition coefficient (Wildman–Crippen LogP) is 2.14. The highest BCUT2D eigenvalue weighted by Crippen LogP contribution is 2.23. The molecule has 0 unspecified atom stereocenters. The van der Waals surface area contributed by atoms with Gasteiger partial charge in [0.15, 0.2) is 0 Å². The van der Waals surface area contributed by atoms with Crippen molar-refractivity contribution < 1.29 is 14.3 Å². The monoisotopic (exact) mass is 378 g/mol. The average molecular weight is 379 g/mol. The topological polar surface area (TPSA) is 85.2 Å². The van der Waals surface area contributed by atoms with E-state index in [1.165, 1.54) is 6.20 Å². The molecule has 0 aliphatic rings. The van der Waals surface area contributed by atoms with E-state index >= 15 is 0 Å². The second-order valence-electron chi connectivity index (χ2n) is 6.01. The van der Waals surface area contributed by atoms with Gasteiger partial charge in [0.25, 0.3) is 5.91 Å². The van der Waals surface area contributed by atoms with E-state index < -0.39 is 0 Å². The van der Waals surface area contributed by atoms with E-state index in [1.807, 2.05) is 26.0 Å². The first kappa shape index (κ1) is 19.9. The van der Waals surface area contributed by atoms with Gasteiger partial charge in [-0.3, -0.25) is 9.59 Å². The standard InChI is InChI=1S/C18H23ClN4O3/c1-12(2)17-15(18(25)21-11-16(24)20-8-9-26-3)10-22-23(17)14-6-4-13(19)5-7-14/h4-7,10,12H,8-9,11H2,1-3H3,(H,20,24)(H,21,25). The molecule has 8 heteroatoms. The maximum atomic E-state index is 12.5. The van der Waals surface area contributed by atoms with E-state index in [1.54, 1.807) is 23.9 Å². The summed E-state index contributed by atoms with van der Waals surface area (Å²) >= 11 is 5.93. The van der Waals surface area contributed by atoms with Crippen LogP contribution in [-0.2, 0) is 9.53 Å². The first-order chi connectivity index (χ1) is 12.4. The summed E-state index contributed by atoms with van der Waals surface area (Å²) in [5.74, 6) is -0.549. The first-order valence-corrected chi connectivity index (χ1v) is 8.69. The summed E-state index contributed by atoms with van der Waals surface area (Å²) in [6.07, 6.45) is 1.52. The van der Waals surface area contributed by atoms with Crippen LogP contribution in [0.2, 0.25) is 5.02 Å². The normalized spacial score (nSPS) is 10.8. The molecule has 2 rings (SSSR count). The second kappa shape index (κ2) is 9.35. The summed E-state index contributed by atoms with van der Waals surface area (Å²) < 4.78 is 6.58. The highest BCUT2D eigenvalue weighted by atomic mass is 35.5. The summed E-state index contributed by atoms with van der Waals surface area (Å²) in [6.45, 7) is 4.68. The Kier molecular flexibility index (Phi) is 7.17. The number of carbonyl (C=O) groups excluding carboxylic acids is 2. The molecule has 2 aromatic rings. The van der Waals surface area contributed by atoms with E-state index in [0.717, 1.165) is 11.4 Å². The predicted molar refractivity (Wildman–Crippen MR) is 99.9 cm³/mol. The molecule has 7 nitrogen and oxygen atoms in total. The number of nitrogens with zero attached hydrogens (tertiary/aromatic N) is 2. The number of aromatic nitrogens is 2. The lowest BCUT2D eigenvalue weighted by atomic mass is 10.1. The molecule has 0 aliphatic heterocycles. The van der Waals surface area contributed by atoms with E-state index in [9.17, 15) is 9.59 Å². The Morgan fingerprint density at radius 3 is 2.54 bits per heavy atom. The molecule has 140 valence electrons. The van der Waals surface area contributed by atoms with E-state index in [0.29, 0.717) is 23.7 Å². The molecule has 2 N–H and O–H groups in total. The van der Waals surface area contributed by atoms with Crippen LogP contribution in [0.15, 0.2) is 30.5 Å². The van der Waals surface area contributed by atoms with Crippen molar-refractivity contribution in [2.45, 2.75) is 19.8 Å². The number of benzene rings is 1. The number of amides is 2. The quantitative estimate of drug-likeness (QED) is 0.689. The van der Waals surface area contributed by atoms with Gasteiger partial charge in [0.05, 0.1) is 36.3 Å². The summed E-state index contributed by atoms with van der Waals surface area (Å²) in [4.78, 5) is 24.2. The van der Waals surface area contributed by atoms with Gasteiger partial charge in [-0.1, -0.05) is 25.4 Å². The number of carbonyl (C=O) groups is 2. The smallest absolute Gasteiger partial charge is 0.255 e. The third kappa shape index (κ3) is 5.06. The highest BCUT2D eigenvalue weighted by Gasteiger charge is 2.21. The zero-order valence-electron chi connectivity index (χ0n) is 15.1. The number of hydrogen-bond acceptors (Lipinski definition) is 4. The summed E-state index contributed by atoms with van der Waals surface area (Å²) in [6, 6.07) is 7.22. The van der Waals surface area contributed by atoms with E-state index in [-0.39, 0.29) is 24.3 Å². The molecule has 0 fully saturated rings. The van der Waals surface area contributed by atoms with Gasteiger partial charge in [-0.15, -0.1) is 0 Å². The van der Waals surface area contributed by atoms with Crippen LogP contribution in [0.4, 0.5) is 0 Å². The molecule has 1 aromatic carbocycles. The minimum Gasteiger partial charge on any atom is -0.383 e. The van der Waals surface area contributed by atoms with Crippen molar-refractivity contribution in [3.05, 3.63) is 46.7 Å². The molecular formula is C18H23ClN4O3. The van der Waals surface area contributed by atoms with E-state index in [4.69, 9.17) is 16.3 Å². The van der Waals surface area contributed by atoms with Gasteiger partial charge >= 0.3 is 0 Å². The maximum Gasteiger partial charge on any atom is 0.255 e. The van der Waals surface area contributed by atoms with Gasteiger partial charge in [-0.2, -0.15) is 5.10 Å². The molecule has 0 aliphatic carbocycles. The fourth-order valence-corrected chi connectivity index (χ4v) is 2.61. The van der Waals surface area contributed by atoms with Crippen LogP contribution in [0.25, 0.3) is 5.69 Å². The zero-order chi connectivity index (χ0) is 19.1. The molecular weight excluding hydrogens is 356 g/mol. The Morgan fingerprint density at radius 1 is 1.23 bits per heavy atom. The third-order valence-corrected chi connectivity index (χ3v) is 3.96. The maximum absolute atomic E-state index is 12.5. The Labute approximate surface area is 157 Å². The van der Waals surface area contributed by atoms with Crippen molar-refractivity contribution in [2.24, 2.45) is 0 Å². The number of halogens is 1. The molecule has 2 amide bonds. The lowest BCUT2D eigenvalue weighted by Gasteiger charge is -2.13. The molecule has 1 aromatic heterocycles. The summed E-state index contributed by atoms with van der Waals surface area (Å²) in [5, 5.41) is 10.3. The molecule has 1 heterocycles. The number of hydrogen-bond donors (Lipinski definition) is 2. The molecule has 0 radical (unpaired) electrons. The lowest BCUT2D eigenvalue weighted by molar-refractivity contribution is -0.120. The number of ether oxygens (including phenoxy) is 1. The Balaban J connectivity index is 2.12. The first-order valence-electron chi connectivity index (χ1n) is 8.31. The van der Waals surface area contributed by atoms with Gasteiger partial charge in [-0.25, -0.2) is 4.68 Å². The minimum atomic E-state index is -0.337. The highest BCUT2D eigenvalue weighted by molar-refractivity contribution is 6.30. The van der Waals surface area contributed by atoms with Crippen LogP contribution in [0.5, 0.6) is 0 Å². The molecule has 0 atom stereocenters. The lowest BCUT2D eigenvalue weighted by Crippen LogP contribution is -2.38. The largest absolute Gasteiger partial charge is 0.383 e. The number of rotatable bonds is 8. The van der Waals surface area contributed by atoms with Crippen molar-refractivity contribution in [1.29, 1.82) is 0 Å². The second-order valence-corrected chi connectivity index (χ2v) is 6.45. The molecule has 0 spiro atoms. The van der Waals surface area contributed by atoms with Crippen molar-refractivity contribution >= 4 is 23.4 Å². The van der Waals surface area contributed by atoms with Crippen molar-refractivity contribution in [2.75, 3.05) is 26.8 Å². The van der Waals surface area contributed by atoms with E-state index in [2.05, 4.69) is 15.7 Å². The van der Waals surface area contributed by atoms with Gasteiger partial charge in [0, 0.05) is 18.7 Å². The van der Waals surface area contributed by atoms with Gasteiger partial charge in [-0.05, 0) is 30.2 Å². The summed E-state index contributed by atoms with van der Waals surface area (Å²) in [5.41, 5.74) is 2.03. The number of methoxy groups -OCH3 is 1. The fraction of sp³-hybridized carbons (Fsp3) is 0.389. The van der Waals surface area contributed by atoms with Crippen molar-refractivity contribution in [3.8, 4) is 5.69 Å². The molecule has 26 heavy (non-hydrogen) atoms. The van der Waals surface area contributed by atoms with Crippen LogP contribution in [0, 0.1) is 0 Å². The molecule has 0 saturated heterocycles. The fourth-order valence-electron chi connectivity index (χ4n) is 2.49. The Hall–Kier alpha value is -2.38. The van der Waals surface area contributed by atoms with Crippen molar-refractivity contribution in [1.82, 2.24) is 20.4 Å². The van der Waals surface area contributed by atoms with Gasteiger partial charge < -0.3 is 15.4 Å². The van der Waals surface area contributed by atoms with Crippen LogP contribution in [0.3, 0.4) is 0 Å². The Morgan fingerprint density at radius 2 is 1.92 bits per heavy atom. The average Bonchev–Trinajstić information content (AvgIpc) is 3.06. The van der Waals surface area contributed by atoms with Crippen molar-refractivity contribution in [3.63, 3.8) is 0 Å². The Bertz CT molecular complexity index is 756. The minimum absolute atomic E-state index is 0.0597. The zero-order valence-corrected chi connectivity index (χ0v) is 15.8.